The van der Waals surface area contributed by atoms with Gasteiger partial charge in [-0.25, -0.2) is 0 Å². The van der Waals surface area contributed by atoms with Gasteiger partial charge in [0.05, 0.1) is 6.04 Å². The first-order valence-corrected chi connectivity index (χ1v) is 5.77. The summed E-state index contributed by atoms with van der Waals surface area (Å²) in [4.78, 5) is 13.8. The molecular weight excluding hydrogens is 198 g/mol. The van der Waals surface area contributed by atoms with Crippen LogP contribution in [0.2, 0.25) is 0 Å². The van der Waals surface area contributed by atoms with E-state index in [1.165, 1.54) is 5.56 Å². The molecule has 1 aromatic rings. The minimum absolute atomic E-state index is 0.121. The van der Waals surface area contributed by atoms with Crippen molar-refractivity contribution in [3.05, 3.63) is 47.5 Å². The van der Waals surface area contributed by atoms with Crippen molar-refractivity contribution in [1.82, 2.24) is 4.90 Å². The van der Waals surface area contributed by atoms with Crippen LogP contribution in [0, 0.1) is 0 Å². The van der Waals surface area contributed by atoms with Gasteiger partial charge in [0, 0.05) is 12.6 Å². The fourth-order valence-corrected chi connectivity index (χ4v) is 2.16. The topological polar surface area (TPSA) is 20.3 Å². The molecule has 1 unspecified atom stereocenters. The molecule has 2 heteroatoms. The van der Waals surface area contributed by atoms with Crippen LogP contribution in [0.3, 0.4) is 0 Å². The van der Waals surface area contributed by atoms with Gasteiger partial charge in [-0.15, -0.1) is 0 Å². The summed E-state index contributed by atoms with van der Waals surface area (Å²) >= 11 is 0. The number of rotatable bonds is 3. The van der Waals surface area contributed by atoms with Crippen molar-refractivity contribution in [1.29, 1.82) is 0 Å². The second-order valence-corrected chi connectivity index (χ2v) is 4.21. The van der Waals surface area contributed by atoms with E-state index < -0.39 is 0 Å². The number of carbonyl (C=O) groups excluding carboxylic acids is 1. The predicted molar refractivity (Wildman–Crippen MR) is 64.9 cm³/mol. The van der Waals surface area contributed by atoms with E-state index in [0.717, 1.165) is 18.4 Å². The Bertz CT molecular complexity index is 408. The Hall–Kier alpha value is -1.57. The number of hydrogen-bond acceptors (Lipinski definition) is 1. The zero-order valence-electron chi connectivity index (χ0n) is 9.81. The van der Waals surface area contributed by atoms with Crippen LogP contribution in [-0.4, -0.2) is 17.9 Å². The van der Waals surface area contributed by atoms with E-state index in [1.807, 2.05) is 30.1 Å². The van der Waals surface area contributed by atoms with Crippen molar-refractivity contribution in [2.75, 3.05) is 7.05 Å². The lowest BCUT2D eigenvalue weighted by Gasteiger charge is -2.19. The molecule has 0 saturated carbocycles. The Morgan fingerprint density at radius 2 is 1.94 bits per heavy atom. The molecule has 0 N–H and O–H groups in total. The summed E-state index contributed by atoms with van der Waals surface area (Å²) in [5.74, 6) is 0.177. The van der Waals surface area contributed by atoms with Gasteiger partial charge in [0.25, 0.3) is 0 Å². The molecule has 0 saturated heterocycles. The van der Waals surface area contributed by atoms with Crippen molar-refractivity contribution >= 4 is 5.91 Å². The fourth-order valence-electron chi connectivity index (χ4n) is 2.16. The lowest BCUT2D eigenvalue weighted by Crippen LogP contribution is -2.24. The Morgan fingerprint density at radius 1 is 1.25 bits per heavy atom. The Balaban J connectivity index is 2.27. The number of carbonyl (C=O) groups is 1. The third kappa shape index (κ3) is 1.87. The van der Waals surface area contributed by atoms with E-state index in [-0.39, 0.29) is 11.9 Å². The third-order valence-electron chi connectivity index (χ3n) is 3.03. The molecule has 2 rings (SSSR count). The van der Waals surface area contributed by atoms with Gasteiger partial charge in [0.15, 0.2) is 0 Å². The molecule has 1 aliphatic rings. The highest BCUT2D eigenvalue weighted by Crippen LogP contribution is 2.31. The highest BCUT2D eigenvalue weighted by Gasteiger charge is 2.29. The number of likely N-dealkylation sites (N-methyl/N-ethyl adjacent to an activating group) is 1. The first-order chi connectivity index (χ1) is 7.74. The summed E-state index contributed by atoms with van der Waals surface area (Å²) in [5.41, 5.74) is 2.14. The second-order valence-electron chi connectivity index (χ2n) is 4.21. The van der Waals surface area contributed by atoms with Crippen LogP contribution in [-0.2, 0) is 4.79 Å². The molecule has 0 aliphatic carbocycles. The molecule has 0 bridgehead atoms. The fraction of sp³-hybridized carbons (Fsp3) is 0.357. The Kier molecular flexibility index (Phi) is 3.09. The monoisotopic (exact) mass is 215 g/mol. The zero-order valence-corrected chi connectivity index (χ0v) is 9.81. The van der Waals surface area contributed by atoms with Gasteiger partial charge in [0.1, 0.15) is 0 Å². The van der Waals surface area contributed by atoms with Gasteiger partial charge in [-0.05, 0) is 18.1 Å². The smallest absolute Gasteiger partial charge is 0.250 e. The molecule has 1 aromatic carbocycles. The third-order valence-corrected chi connectivity index (χ3v) is 3.03. The lowest BCUT2D eigenvalue weighted by atomic mass is 10.1. The van der Waals surface area contributed by atoms with Crippen LogP contribution >= 0.6 is 0 Å². The first kappa shape index (κ1) is 10.9. The van der Waals surface area contributed by atoms with E-state index in [0.29, 0.717) is 0 Å². The van der Waals surface area contributed by atoms with Crippen molar-refractivity contribution in [2.45, 2.75) is 25.8 Å². The molecule has 1 atom stereocenters. The average Bonchev–Trinajstić information content (AvgIpc) is 2.59. The van der Waals surface area contributed by atoms with Gasteiger partial charge in [0.2, 0.25) is 5.91 Å². The summed E-state index contributed by atoms with van der Waals surface area (Å²) in [5, 5.41) is 0. The van der Waals surface area contributed by atoms with Crippen molar-refractivity contribution < 1.29 is 4.79 Å². The van der Waals surface area contributed by atoms with Crippen LogP contribution in [0.5, 0.6) is 0 Å². The van der Waals surface area contributed by atoms with Gasteiger partial charge in [-0.1, -0.05) is 43.7 Å². The summed E-state index contributed by atoms with van der Waals surface area (Å²) < 4.78 is 0. The predicted octanol–water partition coefficient (Wildman–Crippen LogP) is 2.93. The van der Waals surface area contributed by atoms with Gasteiger partial charge < -0.3 is 4.90 Å². The van der Waals surface area contributed by atoms with E-state index in [4.69, 9.17) is 0 Å². The van der Waals surface area contributed by atoms with E-state index in [9.17, 15) is 4.79 Å². The quantitative estimate of drug-likeness (QED) is 0.759. The standard InChI is InChI=1S/C14H17NO/c1-3-7-12-10-13(15(2)14(12)16)11-8-5-4-6-9-11/h4-6,8-10,13H,3,7H2,1-2H3. The minimum Gasteiger partial charge on any atom is -0.331 e. The van der Waals surface area contributed by atoms with Gasteiger partial charge in [-0.2, -0.15) is 0 Å². The first-order valence-electron chi connectivity index (χ1n) is 5.77. The van der Waals surface area contributed by atoms with Crippen LogP contribution in [0.15, 0.2) is 42.0 Å². The number of amides is 1. The molecule has 84 valence electrons. The van der Waals surface area contributed by atoms with Crippen LogP contribution < -0.4 is 0 Å². The molecular formula is C14H17NO. The number of hydrogen-bond donors (Lipinski definition) is 0. The number of nitrogens with zero attached hydrogens (tertiary/aromatic N) is 1. The summed E-state index contributed by atoms with van der Waals surface area (Å²) in [7, 11) is 1.87. The van der Waals surface area contributed by atoms with Crippen molar-refractivity contribution in [3.8, 4) is 0 Å². The van der Waals surface area contributed by atoms with E-state index >= 15 is 0 Å². The summed E-state index contributed by atoms with van der Waals surface area (Å²) in [6, 6.07) is 10.3. The normalized spacial score (nSPS) is 20.1. The largest absolute Gasteiger partial charge is 0.331 e. The van der Waals surface area contributed by atoms with Crippen LogP contribution in [0.4, 0.5) is 0 Å². The molecule has 16 heavy (non-hydrogen) atoms. The van der Waals surface area contributed by atoms with Gasteiger partial charge >= 0.3 is 0 Å². The molecule has 1 amide bonds. The highest BCUT2D eigenvalue weighted by atomic mass is 16.2. The Labute approximate surface area is 96.6 Å². The number of benzene rings is 1. The minimum atomic E-state index is 0.121. The lowest BCUT2D eigenvalue weighted by molar-refractivity contribution is -0.125. The Morgan fingerprint density at radius 3 is 2.56 bits per heavy atom. The second kappa shape index (κ2) is 4.52. The maximum atomic E-state index is 11.9. The van der Waals surface area contributed by atoms with E-state index in [1.54, 1.807) is 0 Å². The van der Waals surface area contributed by atoms with Gasteiger partial charge in [-0.3, -0.25) is 4.79 Å². The zero-order chi connectivity index (χ0) is 11.5. The molecule has 1 heterocycles. The maximum Gasteiger partial charge on any atom is 0.250 e. The van der Waals surface area contributed by atoms with Crippen molar-refractivity contribution in [2.24, 2.45) is 0 Å². The van der Waals surface area contributed by atoms with Crippen LogP contribution in [0.1, 0.15) is 31.4 Å². The average molecular weight is 215 g/mol. The molecule has 1 aliphatic heterocycles. The highest BCUT2D eigenvalue weighted by molar-refractivity contribution is 5.96. The molecule has 0 fully saturated rings. The van der Waals surface area contributed by atoms with E-state index in [2.05, 4.69) is 25.1 Å². The van der Waals surface area contributed by atoms with Crippen LogP contribution in [0.25, 0.3) is 0 Å². The maximum absolute atomic E-state index is 11.9. The molecule has 0 aromatic heterocycles. The molecule has 2 nitrogen and oxygen atoms in total. The summed E-state index contributed by atoms with van der Waals surface area (Å²) in [6.07, 6.45) is 4.00. The SMILES string of the molecule is CCCC1=CC(c2ccccc2)N(C)C1=O. The molecule has 0 spiro atoms. The molecule has 0 radical (unpaired) electrons. The summed E-state index contributed by atoms with van der Waals surface area (Å²) in [6.45, 7) is 2.10. The van der Waals surface area contributed by atoms with Crippen molar-refractivity contribution in [3.63, 3.8) is 0 Å².